The molecule has 4 nitrogen and oxygen atoms in total. The topological polar surface area (TPSA) is 50.0 Å². The van der Waals surface area contributed by atoms with Crippen molar-refractivity contribution < 1.29 is 4.74 Å². The molecule has 1 aromatic carbocycles. The van der Waals surface area contributed by atoms with E-state index >= 15 is 0 Å². The van der Waals surface area contributed by atoms with Crippen LogP contribution in [0.25, 0.3) is 0 Å². The van der Waals surface area contributed by atoms with Crippen molar-refractivity contribution >= 4 is 5.69 Å². The molecule has 104 valence electrons. The van der Waals surface area contributed by atoms with Crippen LogP contribution >= 0.6 is 0 Å². The fourth-order valence-electron chi connectivity index (χ4n) is 2.07. The highest BCUT2D eigenvalue weighted by molar-refractivity contribution is 5.51. The Morgan fingerprint density at radius 1 is 1.35 bits per heavy atom. The second-order valence-corrected chi connectivity index (χ2v) is 4.60. The largest absolute Gasteiger partial charge is 0.381 e. The van der Waals surface area contributed by atoms with Gasteiger partial charge < -0.3 is 14.6 Å². The van der Waals surface area contributed by atoms with Crippen molar-refractivity contribution in [1.29, 1.82) is 5.26 Å². The molecule has 2 aromatic rings. The molecule has 1 aromatic heterocycles. The molecule has 0 aliphatic heterocycles. The summed E-state index contributed by atoms with van der Waals surface area (Å²) in [6.45, 7) is 4.00. The fourth-order valence-corrected chi connectivity index (χ4v) is 2.07. The Labute approximate surface area is 119 Å². The highest BCUT2D eigenvalue weighted by Gasteiger charge is 2.04. The molecule has 2 rings (SSSR count). The number of aromatic nitrogens is 1. The molecule has 0 unspecified atom stereocenters. The fraction of sp³-hybridized carbons (Fsp3) is 0.312. The van der Waals surface area contributed by atoms with Crippen molar-refractivity contribution in [2.45, 2.75) is 20.1 Å². The van der Waals surface area contributed by atoms with Gasteiger partial charge in [0.25, 0.3) is 0 Å². The molecule has 0 saturated carbocycles. The number of nitrogens with zero attached hydrogens (tertiary/aromatic N) is 2. The Balaban J connectivity index is 2.05. The first-order valence-corrected chi connectivity index (χ1v) is 6.69. The highest BCUT2D eigenvalue weighted by Crippen LogP contribution is 2.17. The minimum Gasteiger partial charge on any atom is -0.381 e. The van der Waals surface area contributed by atoms with Gasteiger partial charge >= 0.3 is 0 Å². The highest BCUT2D eigenvalue weighted by atomic mass is 16.5. The molecule has 0 spiro atoms. The number of anilines is 1. The zero-order valence-corrected chi connectivity index (χ0v) is 11.9. The number of nitrogens with one attached hydrogen (secondary N) is 1. The van der Waals surface area contributed by atoms with Crippen LogP contribution in [0.1, 0.15) is 23.7 Å². The average molecular weight is 269 g/mol. The molecule has 0 radical (unpaired) electrons. The van der Waals surface area contributed by atoms with E-state index in [1.165, 1.54) is 0 Å². The summed E-state index contributed by atoms with van der Waals surface area (Å²) in [6.07, 6.45) is 1.97. The standard InChI is InChI=1S/C16H19N3O/c1-3-20-12-14-6-4-5-7-16(14)18-10-13-8-15(9-17)19(2)11-13/h4-8,11,18H,3,10,12H2,1-2H3. The van der Waals surface area contributed by atoms with E-state index in [2.05, 4.69) is 17.5 Å². The van der Waals surface area contributed by atoms with Gasteiger partial charge in [0.05, 0.1) is 6.61 Å². The number of benzene rings is 1. The first-order chi connectivity index (χ1) is 9.74. The third-order valence-electron chi connectivity index (χ3n) is 3.14. The Morgan fingerprint density at radius 3 is 2.85 bits per heavy atom. The molecule has 4 heteroatoms. The van der Waals surface area contributed by atoms with Crippen LogP contribution < -0.4 is 5.32 Å². The van der Waals surface area contributed by atoms with Crippen LogP contribution in [-0.4, -0.2) is 11.2 Å². The smallest absolute Gasteiger partial charge is 0.120 e. The molecule has 1 N–H and O–H groups in total. The maximum Gasteiger partial charge on any atom is 0.120 e. The predicted molar refractivity (Wildman–Crippen MR) is 79.2 cm³/mol. The third kappa shape index (κ3) is 3.40. The summed E-state index contributed by atoms with van der Waals surface area (Å²) in [5.74, 6) is 0. The van der Waals surface area contributed by atoms with Crippen molar-refractivity contribution in [1.82, 2.24) is 4.57 Å². The second kappa shape index (κ2) is 6.78. The van der Waals surface area contributed by atoms with Crippen molar-refractivity contribution in [3.05, 3.63) is 53.3 Å². The van der Waals surface area contributed by atoms with Gasteiger partial charge in [-0.05, 0) is 24.6 Å². The summed E-state index contributed by atoms with van der Waals surface area (Å²) in [5.41, 5.74) is 3.98. The van der Waals surface area contributed by atoms with Crippen molar-refractivity contribution in [2.24, 2.45) is 7.05 Å². The van der Waals surface area contributed by atoms with Crippen LogP contribution in [0.4, 0.5) is 5.69 Å². The van der Waals surface area contributed by atoms with E-state index in [4.69, 9.17) is 10.00 Å². The third-order valence-corrected chi connectivity index (χ3v) is 3.14. The summed E-state index contributed by atoms with van der Waals surface area (Å²) in [6, 6.07) is 12.2. The van der Waals surface area contributed by atoms with Gasteiger partial charge in [0.2, 0.25) is 0 Å². The number of rotatable bonds is 6. The maximum absolute atomic E-state index is 8.95. The molecule has 0 saturated heterocycles. The summed E-state index contributed by atoms with van der Waals surface area (Å²) in [7, 11) is 1.88. The van der Waals surface area contributed by atoms with E-state index in [0.29, 0.717) is 25.5 Å². The Bertz CT molecular complexity index is 610. The lowest BCUT2D eigenvalue weighted by atomic mass is 10.2. The molecule has 1 heterocycles. The number of ether oxygens (including phenoxy) is 1. The van der Waals surface area contributed by atoms with Crippen LogP contribution in [0.2, 0.25) is 0 Å². The maximum atomic E-state index is 8.95. The van der Waals surface area contributed by atoms with E-state index in [9.17, 15) is 0 Å². The molecule has 0 amide bonds. The normalized spacial score (nSPS) is 10.2. The van der Waals surface area contributed by atoms with Gasteiger partial charge in [0.15, 0.2) is 0 Å². The average Bonchev–Trinajstić information content (AvgIpc) is 2.84. The van der Waals surface area contributed by atoms with Gasteiger partial charge in [0, 0.05) is 37.6 Å². The lowest BCUT2D eigenvalue weighted by molar-refractivity contribution is 0.134. The van der Waals surface area contributed by atoms with Crippen LogP contribution in [0, 0.1) is 11.3 Å². The zero-order chi connectivity index (χ0) is 14.4. The quantitative estimate of drug-likeness (QED) is 0.877. The number of aryl methyl sites for hydroxylation is 1. The van der Waals surface area contributed by atoms with E-state index in [1.807, 2.05) is 49.0 Å². The Hall–Kier alpha value is -2.25. The predicted octanol–water partition coefficient (Wildman–Crippen LogP) is 3.05. The molecule has 0 aliphatic rings. The first-order valence-electron chi connectivity index (χ1n) is 6.69. The van der Waals surface area contributed by atoms with Crippen LogP contribution in [0.15, 0.2) is 36.5 Å². The zero-order valence-electron chi connectivity index (χ0n) is 11.9. The molecule has 20 heavy (non-hydrogen) atoms. The Morgan fingerprint density at radius 2 is 2.15 bits per heavy atom. The lowest BCUT2D eigenvalue weighted by Crippen LogP contribution is -2.03. The van der Waals surface area contributed by atoms with E-state index in [1.54, 1.807) is 0 Å². The van der Waals surface area contributed by atoms with Crippen molar-refractivity contribution in [3.63, 3.8) is 0 Å². The molecule has 0 aliphatic carbocycles. The summed E-state index contributed by atoms with van der Waals surface area (Å²) < 4.78 is 7.30. The second-order valence-electron chi connectivity index (χ2n) is 4.60. The minimum absolute atomic E-state index is 0.609. The number of nitriles is 1. The molecule has 0 fully saturated rings. The Kier molecular flexibility index (Phi) is 4.80. The molecular formula is C16H19N3O. The minimum atomic E-state index is 0.609. The van der Waals surface area contributed by atoms with Crippen molar-refractivity contribution in [3.8, 4) is 6.07 Å². The van der Waals surface area contributed by atoms with Gasteiger partial charge in [-0.3, -0.25) is 0 Å². The summed E-state index contributed by atoms with van der Waals surface area (Å²) >= 11 is 0. The van der Waals surface area contributed by atoms with E-state index in [0.717, 1.165) is 16.8 Å². The van der Waals surface area contributed by atoms with Crippen LogP contribution in [-0.2, 0) is 24.9 Å². The molecule has 0 atom stereocenters. The van der Waals surface area contributed by atoms with E-state index < -0.39 is 0 Å². The van der Waals surface area contributed by atoms with Gasteiger partial charge in [-0.1, -0.05) is 18.2 Å². The van der Waals surface area contributed by atoms with Crippen LogP contribution in [0.3, 0.4) is 0 Å². The molecular weight excluding hydrogens is 250 g/mol. The van der Waals surface area contributed by atoms with Gasteiger partial charge in [0.1, 0.15) is 11.8 Å². The molecule has 0 bridgehead atoms. The van der Waals surface area contributed by atoms with E-state index in [-0.39, 0.29) is 0 Å². The first kappa shape index (κ1) is 14.2. The SMILES string of the molecule is CCOCc1ccccc1NCc1cc(C#N)n(C)c1. The lowest BCUT2D eigenvalue weighted by Gasteiger charge is -2.11. The van der Waals surface area contributed by atoms with Gasteiger partial charge in [-0.25, -0.2) is 0 Å². The number of para-hydroxylation sites is 1. The van der Waals surface area contributed by atoms with Crippen molar-refractivity contribution in [2.75, 3.05) is 11.9 Å². The van der Waals surface area contributed by atoms with Crippen LogP contribution in [0.5, 0.6) is 0 Å². The summed E-state index contributed by atoms with van der Waals surface area (Å²) in [4.78, 5) is 0. The number of hydrogen-bond donors (Lipinski definition) is 1. The number of hydrogen-bond acceptors (Lipinski definition) is 3. The van der Waals surface area contributed by atoms with Gasteiger partial charge in [-0.15, -0.1) is 0 Å². The monoisotopic (exact) mass is 269 g/mol. The van der Waals surface area contributed by atoms with Gasteiger partial charge in [-0.2, -0.15) is 5.26 Å². The summed E-state index contributed by atoms with van der Waals surface area (Å²) in [5, 5.41) is 12.4.